The Morgan fingerprint density at radius 3 is 2.62 bits per heavy atom. The van der Waals surface area contributed by atoms with Crippen LogP contribution in [0.3, 0.4) is 0 Å². The fourth-order valence-electron chi connectivity index (χ4n) is 2.33. The quantitative estimate of drug-likeness (QED) is 0.393. The highest BCUT2D eigenvalue weighted by atomic mass is 32.2. The molecule has 3 rings (SSSR count). The maximum absolute atomic E-state index is 11.3. The van der Waals surface area contributed by atoms with E-state index in [1.54, 1.807) is 23.0 Å². The number of thioether (sulfide) groups is 1. The Bertz CT molecular complexity index is 1020. The third kappa shape index (κ3) is 4.12. The fraction of sp³-hybridized carbons (Fsp3) is 0.267. The molecule has 0 aliphatic carbocycles. The minimum atomic E-state index is -3.69. The van der Waals surface area contributed by atoms with E-state index in [2.05, 4.69) is 20.4 Å². The van der Waals surface area contributed by atoms with E-state index in [-0.39, 0.29) is 4.90 Å². The highest BCUT2D eigenvalue weighted by Gasteiger charge is 2.12. The van der Waals surface area contributed by atoms with Gasteiger partial charge in [0, 0.05) is 25.9 Å². The third-order valence-electron chi connectivity index (χ3n) is 3.63. The van der Waals surface area contributed by atoms with Crippen LogP contribution in [0.5, 0.6) is 0 Å². The van der Waals surface area contributed by atoms with Crippen molar-refractivity contribution in [2.24, 2.45) is 17.9 Å². The van der Waals surface area contributed by atoms with Gasteiger partial charge in [-0.25, -0.2) is 23.5 Å². The summed E-state index contributed by atoms with van der Waals surface area (Å²) in [6.07, 6.45) is 1.71. The lowest BCUT2D eigenvalue weighted by Gasteiger charge is -2.09. The minimum absolute atomic E-state index is 0.0819. The number of aryl methyl sites for hydroxylation is 1. The molecule has 5 N–H and O–H groups in total. The average molecular weight is 393 g/mol. The molecule has 2 aromatic heterocycles. The molecule has 0 amide bonds. The second kappa shape index (κ2) is 7.58. The second-order valence-electron chi connectivity index (χ2n) is 5.54. The first-order valence-electron chi connectivity index (χ1n) is 7.76. The van der Waals surface area contributed by atoms with E-state index in [9.17, 15) is 8.42 Å². The summed E-state index contributed by atoms with van der Waals surface area (Å²) in [7, 11) is -1.87. The van der Waals surface area contributed by atoms with Crippen molar-refractivity contribution >= 4 is 38.6 Å². The Balaban J connectivity index is 1.83. The molecular weight excluding hydrogens is 374 g/mol. The van der Waals surface area contributed by atoms with E-state index in [1.807, 2.05) is 7.05 Å². The molecule has 2 heterocycles. The molecule has 138 valence electrons. The number of sulfonamides is 1. The summed E-state index contributed by atoms with van der Waals surface area (Å²) in [6.45, 7) is 1.00. The standard InChI is InChI=1S/C15H19N7O2S2/c1-22-14-12(9-19-22)13(20-15(21-14)25-7-6-16)18-8-10-2-4-11(5-3-10)26(17,23)24/h2-5,9H,6-8,16H2,1H3,(H2,17,23,24)(H,18,20,21). The largest absolute Gasteiger partial charge is 0.365 e. The van der Waals surface area contributed by atoms with E-state index in [0.29, 0.717) is 24.1 Å². The molecule has 0 saturated heterocycles. The molecule has 0 fully saturated rings. The predicted octanol–water partition coefficient (Wildman–Crippen LogP) is 0.674. The van der Waals surface area contributed by atoms with Gasteiger partial charge in [0.25, 0.3) is 0 Å². The number of nitrogens with zero attached hydrogens (tertiary/aromatic N) is 4. The van der Waals surface area contributed by atoms with Crippen LogP contribution in [0.1, 0.15) is 5.56 Å². The normalized spacial score (nSPS) is 11.8. The van der Waals surface area contributed by atoms with E-state index in [4.69, 9.17) is 10.9 Å². The SMILES string of the molecule is Cn1ncc2c(NCc3ccc(S(N)(=O)=O)cc3)nc(SCCN)nc21. The lowest BCUT2D eigenvalue weighted by molar-refractivity contribution is 0.598. The summed E-state index contributed by atoms with van der Waals surface area (Å²) < 4.78 is 24.3. The number of primary sulfonamides is 1. The lowest BCUT2D eigenvalue weighted by atomic mass is 10.2. The van der Waals surface area contributed by atoms with E-state index < -0.39 is 10.0 Å². The van der Waals surface area contributed by atoms with Gasteiger partial charge in [0.1, 0.15) is 5.82 Å². The molecule has 0 unspecified atom stereocenters. The third-order valence-corrected chi connectivity index (χ3v) is 5.44. The first kappa shape index (κ1) is 18.6. The summed E-state index contributed by atoms with van der Waals surface area (Å²) in [4.78, 5) is 9.12. The number of nitrogens with one attached hydrogen (secondary N) is 1. The number of rotatable bonds is 7. The molecule has 0 saturated carbocycles. The number of fused-ring (bicyclic) bond motifs is 1. The van der Waals surface area contributed by atoms with Crippen LogP contribution in [-0.2, 0) is 23.6 Å². The highest BCUT2D eigenvalue weighted by molar-refractivity contribution is 7.99. The van der Waals surface area contributed by atoms with Crippen molar-refractivity contribution in [1.82, 2.24) is 19.7 Å². The molecule has 0 bridgehead atoms. The molecule has 26 heavy (non-hydrogen) atoms. The fourth-order valence-corrected chi connectivity index (χ4v) is 3.46. The van der Waals surface area contributed by atoms with Crippen LogP contribution in [0.25, 0.3) is 11.0 Å². The molecule has 0 aliphatic rings. The Morgan fingerprint density at radius 1 is 1.23 bits per heavy atom. The van der Waals surface area contributed by atoms with Crippen molar-refractivity contribution in [3.8, 4) is 0 Å². The number of benzene rings is 1. The number of hydrogen-bond acceptors (Lipinski definition) is 8. The van der Waals surface area contributed by atoms with Gasteiger partial charge in [-0.05, 0) is 17.7 Å². The minimum Gasteiger partial charge on any atom is -0.365 e. The zero-order valence-corrected chi connectivity index (χ0v) is 15.7. The maximum atomic E-state index is 11.3. The number of aromatic nitrogens is 4. The van der Waals surface area contributed by atoms with Crippen LogP contribution in [0.2, 0.25) is 0 Å². The Kier molecular flexibility index (Phi) is 5.41. The van der Waals surface area contributed by atoms with Gasteiger partial charge in [-0.2, -0.15) is 5.10 Å². The molecule has 9 nitrogen and oxygen atoms in total. The van der Waals surface area contributed by atoms with E-state index in [0.717, 1.165) is 22.3 Å². The molecule has 0 aliphatic heterocycles. The zero-order chi connectivity index (χ0) is 18.7. The summed E-state index contributed by atoms with van der Waals surface area (Å²) in [5.74, 6) is 1.39. The van der Waals surface area contributed by atoms with Crippen LogP contribution in [0.4, 0.5) is 5.82 Å². The van der Waals surface area contributed by atoms with Crippen molar-refractivity contribution in [2.75, 3.05) is 17.6 Å². The topological polar surface area (TPSA) is 142 Å². The van der Waals surface area contributed by atoms with Crippen LogP contribution in [0, 0.1) is 0 Å². The first-order chi connectivity index (χ1) is 12.4. The van der Waals surface area contributed by atoms with E-state index >= 15 is 0 Å². The first-order valence-corrected chi connectivity index (χ1v) is 10.3. The van der Waals surface area contributed by atoms with Crippen molar-refractivity contribution in [2.45, 2.75) is 16.6 Å². The lowest BCUT2D eigenvalue weighted by Crippen LogP contribution is -2.12. The Labute approximate surface area is 155 Å². The van der Waals surface area contributed by atoms with Gasteiger partial charge in [-0.1, -0.05) is 23.9 Å². The zero-order valence-electron chi connectivity index (χ0n) is 14.1. The molecule has 1 aromatic carbocycles. The maximum Gasteiger partial charge on any atom is 0.238 e. The van der Waals surface area contributed by atoms with Crippen LogP contribution < -0.4 is 16.2 Å². The molecule has 3 aromatic rings. The van der Waals surface area contributed by atoms with Gasteiger partial charge in [-0.3, -0.25) is 4.68 Å². The van der Waals surface area contributed by atoms with Gasteiger partial charge in [0.2, 0.25) is 10.0 Å². The van der Waals surface area contributed by atoms with Crippen LogP contribution >= 0.6 is 11.8 Å². The summed E-state index contributed by atoms with van der Waals surface area (Å²) in [5.41, 5.74) is 7.17. The van der Waals surface area contributed by atoms with Crippen molar-refractivity contribution < 1.29 is 8.42 Å². The van der Waals surface area contributed by atoms with Crippen molar-refractivity contribution in [3.05, 3.63) is 36.0 Å². The molecule has 0 radical (unpaired) electrons. The van der Waals surface area contributed by atoms with Gasteiger partial charge in [-0.15, -0.1) is 0 Å². The summed E-state index contributed by atoms with van der Waals surface area (Å²) in [6, 6.07) is 6.37. The van der Waals surface area contributed by atoms with Gasteiger partial charge in [0.05, 0.1) is 16.5 Å². The number of anilines is 1. The van der Waals surface area contributed by atoms with Gasteiger partial charge in [0.15, 0.2) is 10.8 Å². The molecule has 0 atom stereocenters. The Morgan fingerprint density at radius 2 is 1.96 bits per heavy atom. The molecule has 11 heteroatoms. The molecule has 0 spiro atoms. The van der Waals surface area contributed by atoms with Crippen LogP contribution in [0.15, 0.2) is 40.5 Å². The number of hydrogen-bond donors (Lipinski definition) is 3. The summed E-state index contributed by atoms with van der Waals surface area (Å²) in [5, 5.41) is 14.0. The Hall–Kier alpha value is -2.21. The monoisotopic (exact) mass is 393 g/mol. The van der Waals surface area contributed by atoms with Gasteiger partial charge >= 0.3 is 0 Å². The smallest absolute Gasteiger partial charge is 0.238 e. The van der Waals surface area contributed by atoms with Crippen molar-refractivity contribution in [3.63, 3.8) is 0 Å². The van der Waals surface area contributed by atoms with Crippen LogP contribution in [-0.4, -0.2) is 40.5 Å². The average Bonchev–Trinajstić information content (AvgIpc) is 2.99. The van der Waals surface area contributed by atoms with E-state index in [1.165, 1.54) is 23.9 Å². The number of nitrogens with two attached hydrogens (primary N) is 2. The predicted molar refractivity (Wildman–Crippen MR) is 101 cm³/mol. The molecular formula is C15H19N7O2S2. The van der Waals surface area contributed by atoms with Crippen molar-refractivity contribution in [1.29, 1.82) is 0 Å². The second-order valence-corrected chi connectivity index (χ2v) is 8.16. The van der Waals surface area contributed by atoms with Gasteiger partial charge < -0.3 is 11.1 Å². The highest BCUT2D eigenvalue weighted by Crippen LogP contribution is 2.24. The summed E-state index contributed by atoms with van der Waals surface area (Å²) >= 11 is 1.48.